The summed E-state index contributed by atoms with van der Waals surface area (Å²) in [5.41, 5.74) is 1.86. The first-order valence-electron chi connectivity index (χ1n) is 10.9. The number of hydrogen-bond donors (Lipinski definition) is 1. The van der Waals surface area contributed by atoms with Crippen LogP contribution in [-0.2, 0) is 16.1 Å². The maximum absolute atomic E-state index is 13.0. The third-order valence-corrected chi connectivity index (χ3v) is 7.42. The average molecular weight is 384 g/mol. The van der Waals surface area contributed by atoms with E-state index in [1.165, 1.54) is 19.3 Å². The largest absolute Gasteiger partial charge is 0.350 e. The first-order chi connectivity index (χ1) is 13.4. The normalized spacial score (nSPS) is 25.4. The molecule has 0 radical (unpaired) electrons. The van der Waals surface area contributed by atoms with Gasteiger partial charge in [0.05, 0.1) is 12.2 Å². The summed E-state index contributed by atoms with van der Waals surface area (Å²) < 4.78 is 0. The molecule has 3 fully saturated rings. The zero-order valence-electron chi connectivity index (χ0n) is 17.3. The Balaban J connectivity index is 1.27. The second kappa shape index (κ2) is 7.49. The van der Waals surface area contributed by atoms with Crippen LogP contribution in [0.25, 0.3) is 0 Å². The van der Waals surface area contributed by atoms with Gasteiger partial charge in [0.2, 0.25) is 11.8 Å². The monoisotopic (exact) mass is 383 g/mol. The van der Waals surface area contributed by atoms with Gasteiger partial charge in [0.1, 0.15) is 0 Å². The molecule has 1 aliphatic heterocycles. The van der Waals surface area contributed by atoms with Crippen LogP contribution in [0.15, 0.2) is 18.2 Å². The van der Waals surface area contributed by atoms with E-state index in [1.807, 2.05) is 25.1 Å². The molecule has 2 amide bonds. The average Bonchev–Trinajstić information content (AvgIpc) is 3.40. The highest BCUT2D eigenvalue weighted by molar-refractivity contribution is 5.84. The Morgan fingerprint density at radius 2 is 1.86 bits per heavy atom. The second-order valence-electron chi connectivity index (χ2n) is 9.52. The minimum Gasteiger partial charge on any atom is -0.350 e. The van der Waals surface area contributed by atoms with Gasteiger partial charge in [-0.3, -0.25) is 14.6 Å². The molecule has 2 aliphatic carbocycles. The number of aryl methyl sites for hydroxylation is 1. The topological polar surface area (TPSA) is 62.3 Å². The third kappa shape index (κ3) is 3.81. The lowest BCUT2D eigenvalue weighted by atomic mass is 9.74. The fraction of sp³-hybridized carbons (Fsp3) is 0.696. The highest BCUT2D eigenvalue weighted by Gasteiger charge is 2.59. The van der Waals surface area contributed by atoms with Crippen molar-refractivity contribution in [1.82, 2.24) is 15.2 Å². The number of rotatable bonds is 4. The first kappa shape index (κ1) is 19.4. The Labute approximate surface area is 168 Å². The molecular formula is C23H33N3O2. The van der Waals surface area contributed by atoms with Crippen LogP contribution in [0, 0.1) is 23.7 Å². The van der Waals surface area contributed by atoms with Gasteiger partial charge in [0.15, 0.2) is 0 Å². The van der Waals surface area contributed by atoms with Crippen molar-refractivity contribution in [1.29, 1.82) is 0 Å². The molecule has 152 valence electrons. The molecule has 5 heteroatoms. The van der Waals surface area contributed by atoms with Crippen LogP contribution in [0.5, 0.6) is 0 Å². The van der Waals surface area contributed by atoms with Gasteiger partial charge in [0.25, 0.3) is 0 Å². The molecule has 0 bridgehead atoms. The summed E-state index contributed by atoms with van der Waals surface area (Å²) >= 11 is 0. The predicted octanol–water partition coefficient (Wildman–Crippen LogP) is 3.61. The van der Waals surface area contributed by atoms with E-state index in [1.54, 1.807) is 0 Å². The van der Waals surface area contributed by atoms with Crippen LogP contribution >= 0.6 is 0 Å². The van der Waals surface area contributed by atoms with Gasteiger partial charge in [-0.15, -0.1) is 0 Å². The third-order valence-electron chi connectivity index (χ3n) is 7.42. The summed E-state index contributed by atoms with van der Waals surface area (Å²) in [5.74, 6) is 0.622. The molecule has 1 N–H and O–H groups in total. The number of nitrogens with one attached hydrogen (secondary N) is 1. The van der Waals surface area contributed by atoms with E-state index in [-0.39, 0.29) is 22.7 Å². The molecule has 4 rings (SSSR count). The lowest BCUT2D eigenvalue weighted by Crippen LogP contribution is -2.47. The molecule has 0 unspecified atom stereocenters. The SMILES string of the molecule is Cc1cccc(CNC(=O)[C@@H]2CC23CCN(C(=O)C2(C)CCCCC2)CC3)n1. The molecule has 1 aromatic heterocycles. The van der Waals surface area contributed by atoms with Gasteiger partial charge in [-0.2, -0.15) is 0 Å². The summed E-state index contributed by atoms with van der Waals surface area (Å²) in [5, 5.41) is 3.07. The Hall–Kier alpha value is -1.91. The summed E-state index contributed by atoms with van der Waals surface area (Å²) in [6.45, 7) is 6.25. The first-order valence-corrected chi connectivity index (χ1v) is 10.9. The van der Waals surface area contributed by atoms with Crippen molar-refractivity contribution in [3.63, 3.8) is 0 Å². The fourth-order valence-electron chi connectivity index (χ4n) is 5.35. The van der Waals surface area contributed by atoms with Crippen LogP contribution in [-0.4, -0.2) is 34.8 Å². The summed E-state index contributed by atoms with van der Waals surface area (Å²) in [7, 11) is 0. The highest BCUT2D eigenvalue weighted by atomic mass is 16.2. The maximum atomic E-state index is 13.0. The van der Waals surface area contributed by atoms with Crippen molar-refractivity contribution in [3.8, 4) is 0 Å². The van der Waals surface area contributed by atoms with Crippen LogP contribution in [0.2, 0.25) is 0 Å². The zero-order valence-corrected chi connectivity index (χ0v) is 17.3. The number of likely N-dealkylation sites (tertiary alicyclic amines) is 1. The van der Waals surface area contributed by atoms with Crippen molar-refractivity contribution >= 4 is 11.8 Å². The van der Waals surface area contributed by atoms with Gasteiger partial charge < -0.3 is 10.2 Å². The minimum absolute atomic E-state index is 0.111. The number of carbonyl (C=O) groups is 2. The molecule has 3 aliphatic rings. The predicted molar refractivity (Wildman–Crippen MR) is 108 cm³/mol. The Morgan fingerprint density at radius 3 is 2.54 bits per heavy atom. The molecule has 1 spiro atoms. The van der Waals surface area contributed by atoms with Gasteiger partial charge in [-0.05, 0) is 56.6 Å². The lowest BCUT2D eigenvalue weighted by Gasteiger charge is -2.40. The molecule has 1 aromatic rings. The lowest BCUT2D eigenvalue weighted by molar-refractivity contribution is -0.144. The Bertz CT molecular complexity index is 746. The van der Waals surface area contributed by atoms with E-state index in [0.29, 0.717) is 12.5 Å². The van der Waals surface area contributed by atoms with Crippen LogP contribution < -0.4 is 5.32 Å². The molecule has 28 heavy (non-hydrogen) atoms. The van der Waals surface area contributed by atoms with E-state index in [9.17, 15) is 9.59 Å². The highest BCUT2D eigenvalue weighted by Crippen LogP contribution is 2.59. The number of pyridine rings is 1. The van der Waals surface area contributed by atoms with Crippen molar-refractivity contribution in [2.24, 2.45) is 16.7 Å². The molecule has 0 aromatic carbocycles. The minimum atomic E-state index is -0.149. The molecule has 2 saturated carbocycles. The zero-order chi connectivity index (χ0) is 19.8. The fourth-order valence-corrected chi connectivity index (χ4v) is 5.35. The molecule has 1 atom stereocenters. The van der Waals surface area contributed by atoms with E-state index >= 15 is 0 Å². The van der Waals surface area contributed by atoms with Crippen molar-refractivity contribution in [2.45, 2.75) is 71.8 Å². The van der Waals surface area contributed by atoms with Crippen LogP contribution in [0.1, 0.15) is 69.7 Å². The summed E-state index contributed by atoms with van der Waals surface area (Å²) in [4.78, 5) is 32.2. The van der Waals surface area contributed by atoms with Crippen LogP contribution in [0.3, 0.4) is 0 Å². The molecule has 5 nitrogen and oxygen atoms in total. The Morgan fingerprint density at radius 1 is 1.14 bits per heavy atom. The summed E-state index contributed by atoms with van der Waals surface area (Å²) in [6.07, 6.45) is 8.60. The quantitative estimate of drug-likeness (QED) is 0.864. The van der Waals surface area contributed by atoms with E-state index in [2.05, 4.69) is 22.1 Å². The summed E-state index contributed by atoms with van der Waals surface area (Å²) in [6, 6.07) is 5.89. The molecule has 1 saturated heterocycles. The maximum Gasteiger partial charge on any atom is 0.228 e. The second-order valence-corrected chi connectivity index (χ2v) is 9.52. The van der Waals surface area contributed by atoms with Crippen molar-refractivity contribution < 1.29 is 9.59 Å². The van der Waals surface area contributed by atoms with E-state index in [0.717, 1.165) is 56.6 Å². The number of piperidine rings is 1. The Kier molecular flexibility index (Phi) is 5.19. The van der Waals surface area contributed by atoms with E-state index < -0.39 is 0 Å². The number of carbonyl (C=O) groups excluding carboxylic acids is 2. The number of hydrogen-bond acceptors (Lipinski definition) is 3. The van der Waals surface area contributed by atoms with Crippen LogP contribution in [0.4, 0.5) is 0 Å². The smallest absolute Gasteiger partial charge is 0.228 e. The van der Waals surface area contributed by atoms with E-state index in [4.69, 9.17) is 0 Å². The standard InChI is InChI=1S/C23H33N3O2/c1-17-7-6-8-18(25-17)16-24-20(27)19-15-23(19)11-13-26(14-12-23)21(28)22(2)9-4-3-5-10-22/h6-8,19H,3-5,9-16H2,1-2H3,(H,24,27)/t19-/m0/s1. The van der Waals surface area contributed by atoms with Crippen molar-refractivity contribution in [3.05, 3.63) is 29.6 Å². The van der Waals surface area contributed by atoms with Gasteiger partial charge in [0, 0.05) is 30.1 Å². The van der Waals surface area contributed by atoms with Gasteiger partial charge in [-0.25, -0.2) is 0 Å². The number of aromatic nitrogens is 1. The number of amides is 2. The molecule has 2 heterocycles. The number of nitrogens with zero attached hydrogens (tertiary/aromatic N) is 2. The van der Waals surface area contributed by atoms with Crippen molar-refractivity contribution in [2.75, 3.05) is 13.1 Å². The van der Waals surface area contributed by atoms with Gasteiger partial charge in [-0.1, -0.05) is 32.3 Å². The van der Waals surface area contributed by atoms with Gasteiger partial charge >= 0.3 is 0 Å². The molecular weight excluding hydrogens is 350 g/mol.